The standard InChI is InChI=1S/C21H27NO3/c1-5-12-22-20(24)18(17-13-14(2)6-7-15(17)3)19(23)21(22)10-8-16(25-4)9-11-21/h5-7,13,16,18H,1,8-12H2,2-4H3. The highest BCUT2D eigenvalue weighted by atomic mass is 16.5. The van der Waals surface area contributed by atoms with Gasteiger partial charge in [-0.25, -0.2) is 0 Å². The number of methoxy groups -OCH3 is 1. The number of ketones is 1. The number of hydrogen-bond acceptors (Lipinski definition) is 3. The van der Waals surface area contributed by atoms with E-state index in [1.165, 1.54) is 0 Å². The lowest BCUT2D eigenvalue weighted by atomic mass is 9.75. The number of likely N-dealkylation sites (tertiary alicyclic amines) is 1. The molecular weight excluding hydrogens is 314 g/mol. The van der Waals surface area contributed by atoms with E-state index in [-0.39, 0.29) is 17.8 Å². The molecule has 3 rings (SSSR count). The zero-order valence-electron chi connectivity index (χ0n) is 15.4. The highest BCUT2D eigenvalue weighted by molar-refractivity contribution is 6.17. The molecule has 1 amide bonds. The van der Waals surface area contributed by atoms with Gasteiger partial charge in [-0.1, -0.05) is 29.8 Å². The van der Waals surface area contributed by atoms with Gasteiger partial charge in [-0.3, -0.25) is 9.59 Å². The van der Waals surface area contributed by atoms with Crippen LogP contribution in [0, 0.1) is 13.8 Å². The van der Waals surface area contributed by atoms with Gasteiger partial charge in [0.05, 0.1) is 6.10 Å². The van der Waals surface area contributed by atoms with Crippen molar-refractivity contribution < 1.29 is 14.3 Å². The first kappa shape index (κ1) is 17.9. The Hall–Kier alpha value is -1.94. The zero-order valence-corrected chi connectivity index (χ0v) is 15.4. The van der Waals surface area contributed by atoms with Gasteiger partial charge in [0.1, 0.15) is 11.5 Å². The van der Waals surface area contributed by atoms with Crippen molar-refractivity contribution in [2.75, 3.05) is 13.7 Å². The molecule has 0 bridgehead atoms. The van der Waals surface area contributed by atoms with E-state index in [0.29, 0.717) is 19.4 Å². The quantitative estimate of drug-likeness (QED) is 0.623. The highest BCUT2D eigenvalue weighted by Crippen LogP contribution is 2.46. The molecule has 2 aliphatic rings. The van der Waals surface area contributed by atoms with Gasteiger partial charge in [-0.2, -0.15) is 0 Å². The van der Waals surface area contributed by atoms with Gasteiger partial charge < -0.3 is 9.64 Å². The second-order valence-electron chi connectivity index (χ2n) is 7.36. The fraction of sp³-hybridized carbons (Fsp3) is 0.524. The van der Waals surface area contributed by atoms with Crippen molar-refractivity contribution in [2.45, 2.75) is 57.1 Å². The summed E-state index contributed by atoms with van der Waals surface area (Å²) >= 11 is 0. The predicted molar refractivity (Wildman–Crippen MR) is 97.6 cm³/mol. The van der Waals surface area contributed by atoms with E-state index in [1.807, 2.05) is 32.0 Å². The molecule has 1 saturated heterocycles. The molecule has 1 heterocycles. The third-order valence-corrected chi connectivity index (χ3v) is 5.90. The maximum Gasteiger partial charge on any atom is 0.238 e. The Morgan fingerprint density at radius 3 is 2.56 bits per heavy atom. The van der Waals surface area contributed by atoms with Crippen LogP contribution in [0.1, 0.15) is 48.3 Å². The molecule has 4 heteroatoms. The van der Waals surface area contributed by atoms with E-state index in [1.54, 1.807) is 18.1 Å². The van der Waals surface area contributed by atoms with Crippen LogP contribution in [-0.4, -0.2) is 41.9 Å². The van der Waals surface area contributed by atoms with E-state index in [0.717, 1.165) is 29.5 Å². The summed E-state index contributed by atoms with van der Waals surface area (Å²) in [6, 6.07) is 6.00. The summed E-state index contributed by atoms with van der Waals surface area (Å²) in [5.74, 6) is -0.698. The van der Waals surface area contributed by atoms with Crippen molar-refractivity contribution in [1.82, 2.24) is 4.90 Å². The second kappa shape index (κ2) is 6.75. The van der Waals surface area contributed by atoms with Gasteiger partial charge in [-0.15, -0.1) is 6.58 Å². The first-order valence-corrected chi connectivity index (χ1v) is 9.01. The van der Waals surface area contributed by atoms with Crippen molar-refractivity contribution in [2.24, 2.45) is 0 Å². The van der Waals surface area contributed by atoms with E-state index < -0.39 is 11.5 Å². The molecule has 0 aromatic heterocycles. The Bertz CT molecular complexity index is 701. The van der Waals surface area contributed by atoms with Crippen molar-refractivity contribution in [3.05, 3.63) is 47.5 Å². The predicted octanol–water partition coefficient (Wildman–Crippen LogP) is 3.31. The summed E-state index contributed by atoms with van der Waals surface area (Å²) < 4.78 is 5.46. The number of carbonyl (C=O) groups excluding carboxylic acids is 2. The van der Waals surface area contributed by atoms with Crippen LogP contribution in [0.4, 0.5) is 0 Å². The average Bonchev–Trinajstić information content (AvgIpc) is 2.80. The van der Waals surface area contributed by atoms with Gasteiger partial charge in [0, 0.05) is 13.7 Å². The summed E-state index contributed by atoms with van der Waals surface area (Å²) in [5.41, 5.74) is 2.23. The molecule has 1 aliphatic carbocycles. The van der Waals surface area contributed by atoms with Crippen molar-refractivity contribution in [3.63, 3.8) is 0 Å². The number of benzene rings is 1. The van der Waals surface area contributed by atoms with Gasteiger partial charge in [0.15, 0.2) is 5.78 Å². The summed E-state index contributed by atoms with van der Waals surface area (Å²) in [7, 11) is 1.71. The van der Waals surface area contributed by atoms with Gasteiger partial charge in [0.25, 0.3) is 0 Å². The monoisotopic (exact) mass is 341 g/mol. The lowest BCUT2D eigenvalue weighted by molar-refractivity contribution is -0.135. The lowest BCUT2D eigenvalue weighted by Crippen LogP contribution is -2.52. The van der Waals surface area contributed by atoms with Crippen LogP contribution in [0.5, 0.6) is 0 Å². The molecule has 25 heavy (non-hydrogen) atoms. The highest BCUT2D eigenvalue weighted by Gasteiger charge is 2.59. The Morgan fingerprint density at radius 1 is 1.28 bits per heavy atom. The molecular formula is C21H27NO3. The third-order valence-electron chi connectivity index (χ3n) is 5.90. The van der Waals surface area contributed by atoms with E-state index in [9.17, 15) is 9.59 Å². The number of amides is 1. The van der Waals surface area contributed by atoms with Crippen LogP contribution in [0.15, 0.2) is 30.9 Å². The minimum atomic E-state index is -0.693. The molecule has 1 atom stereocenters. The van der Waals surface area contributed by atoms with Crippen molar-refractivity contribution in [1.29, 1.82) is 0 Å². The molecule has 4 nitrogen and oxygen atoms in total. The van der Waals surface area contributed by atoms with Crippen molar-refractivity contribution >= 4 is 11.7 Å². The molecule has 1 saturated carbocycles. The third kappa shape index (κ3) is 2.82. The van der Waals surface area contributed by atoms with Gasteiger partial charge >= 0.3 is 0 Å². The minimum absolute atomic E-state index is 0.0580. The number of aryl methyl sites for hydroxylation is 2. The van der Waals surface area contributed by atoms with Crippen molar-refractivity contribution in [3.8, 4) is 0 Å². The number of ether oxygens (including phenoxy) is 1. The number of hydrogen-bond donors (Lipinski definition) is 0. The van der Waals surface area contributed by atoms with Crippen LogP contribution < -0.4 is 0 Å². The first-order chi connectivity index (χ1) is 11.9. The normalized spacial score (nSPS) is 29.5. The Labute approximate surface area is 149 Å². The first-order valence-electron chi connectivity index (χ1n) is 9.01. The summed E-state index contributed by atoms with van der Waals surface area (Å²) in [4.78, 5) is 28.5. The lowest BCUT2D eigenvalue weighted by Gasteiger charge is -2.41. The fourth-order valence-electron chi connectivity index (χ4n) is 4.44. The Kier molecular flexibility index (Phi) is 4.83. The summed E-state index contributed by atoms with van der Waals surface area (Å²) in [6.45, 7) is 8.18. The van der Waals surface area contributed by atoms with E-state index >= 15 is 0 Å². The maximum atomic E-state index is 13.5. The molecule has 1 aromatic carbocycles. The number of nitrogens with zero attached hydrogens (tertiary/aromatic N) is 1. The number of rotatable bonds is 4. The SMILES string of the molecule is C=CCN1C(=O)C(c2cc(C)ccc2C)C(=O)C12CCC(OC)CC2. The molecule has 0 radical (unpaired) electrons. The van der Waals surface area contributed by atoms with Crippen LogP contribution >= 0.6 is 0 Å². The number of Topliss-reactive ketones (excluding diaryl/α,β-unsaturated/α-hetero) is 1. The smallest absolute Gasteiger partial charge is 0.238 e. The molecule has 1 unspecified atom stereocenters. The largest absolute Gasteiger partial charge is 0.381 e. The topological polar surface area (TPSA) is 46.6 Å². The molecule has 0 N–H and O–H groups in total. The average molecular weight is 341 g/mol. The molecule has 1 aromatic rings. The molecule has 134 valence electrons. The maximum absolute atomic E-state index is 13.5. The molecule has 1 spiro atoms. The van der Waals surface area contributed by atoms with Gasteiger partial charge in [0.2, 0.25) is 5.91 Å². The Morgan fingerprint density at radius 2 is 1.96 bits per heavy atom. The Balaban J connectivity index is 2.02. The minimum Gasteiger partial charge on any atom is -0.381 e. The summed E-state index contributed by atoms with van der Waals surface area (Å²) in [5, 5.41) is 0. The summed E-state index contributed by atoms with van der Waals surface area (Å²) in [6.07, 6.45) is 4.86. The van der Waals surface area contributed by atoms with Crippen LogP contribution in [-0.2, 0) is 14.3 Å². The second-order valence-corrected chi connectivity index (χ2v) is 7.36. The van der Waals surface area contributed by atoms with E-state index in [4.69, 9.17) is 4.74 Å². The van der Waals surface area contributed by atoms with E-state index in [2.05, 4.69) is 6.58 Å². The van der Waals surface area contributed by atoms with Gasteiger partial charge in [-0.05, 0) is 50.7 Å². The fourth-order valence-corrected chi connectivity index (χ4v) is 4.44. The zero-order chi connectivity index (χ0) is 18.2. The van der Waals surface area contributed by atoms with Crippen LogP contribution in [0.2, 0.25) is 0 Å². The molecule has 2 fully saturated rings. The number of carbonyl (C=O) groups is 2. The molecule has 1 aliphatic heterocycles. The van der Waals surface area contributed by atoms with Crippen LogP contribution in [0.25, 0.3) is 0 Å². The van der Waals surface area contributed by atoms with Crippen LogP contribution in [0.3, 0.4) is 0 Å².